The Kier molecular flexibility index (Phi) is 3.16. The van der Waals surface area contributed by atoms with Crippen LogP contribution in [-0.2, 0) is 0 Å². The summed E-state index contributed by atoms with van der Waals surface area (Å²) in [7, 11) is 0. The predicted molar refractivity (Wildman–Crippen MR) is 60.8 cm³/mol. The highest BCUT2D eigenvalue weighted by atomic mass is 15.2. The summed E-state index contributed by atoms with van der Waals surface area (Å²) in [6, 6.07) is 1.80. The van der Waals surface area contributed by atoms with Crippen LogP contribution in [0.1, 0.15) is 46.5 Å². The molecule has 1 heterocycles. The zero-order valence-corrected chi connectivity index (χ0v) is 9.92. The van der Waals surface area contributed by atoms with Gasteiger partial charge >= 0.3 is 0 Å². The Bertz CT molecular complexity index is 184. The van der Waals surface area contributed by atoms with Crippen LogP contribution in [0.15, 0.2) is 0 Å². The van der Waals surface area contributed by atoms with E-state index in [1.807, 2.05) is 0 Å². The molecule has 1 radical (unpaired) electrons. The molecule has 81 valence electrons. The van der Waals surface area contributed by atoms with E-state index in [9.17, 15) is 0 Å². The monoisotopic (exact) mass is 194 g/mol. The molecule has 0 bridgehead atoms. The largest absolute Gasteiger partial charge is 0.295 e. The van der Waals surface area contributed by atoms with Crippen LogP contribution in [0.2, 0.25) is 0 Å². The molecule has 1 nitrogen and oxygen atoms in total. The molecule has 2 fully saturated rings. The second-order valence-corrected chi connectivity index (χ2v) is 5.57. The van der Waals surface area contributed by atoms with Crippen molar-refractivity contribution in [2.75, 3.05) is 13.1 Å². The summed E-state index contributed by atoms with van der Waals surface area (Å²) in [5.41, 5.74) is 0. The van der Waals surface area contributed by atoms with Crippen LogP contribution in [0.4, 0.5) is 0 Å². The fraction of sp³-hybridized carbons (Fsp3) is 0.923. The lowest BCUT2D eigenvalue weighted by molar-refractivity contribution is 0.0936. The predicted octanol–water partition coefficient (Wildman–Crippen LogP) is 3.32. The number of nitrogens with zero attached hydrogens (tertiary/aromatic N) is 1. The van der Waals surface area contributed by atoms with Crippen LogP contribution < -0.4 is 0 Å². The van der Waals surface area contributed by atoms with E-state index in [1.54, 1.807) is 6.04 Å². The van der Waals surface area contributed by atoms with Crippen molar-refractivity contribution in [1.82, 2.24) is 4.90 Å². The van der Waals surface area contributed by atoms with Crippen molar-refractivity contribution >= 4 is 0 Å². The van der Waals surface area contributed by atoms with Crippen LogP contribution in [0.5, 0.6) is 0 Å². The van der Waals surface area contributed by atoms with Gasteiger partial charge in [0.15, 0.2) is 0 Å². The maximum Gasteiger partial charge on any atom is 0.0429 e. The Balaban J connectivity index is 1.99. The van der Waals surface area contributed by atoms with Gasteiger partial charge in [0, 0.05) is 6.04 Å². The molecule has 0 aromatic rings. The van der Waals surface area contributed by atoms with Crippen molar-refractivity contribution in [2.24, 2.45) is 17.8 Å². The maximum absolute atomic E-state index is 2.65. The van der Waals surface area contributed by atoms with Gasteiger partial charge in [0.05, 0.1) is 0 Å². The topological polar surface area (TPSA) is 3.24 Å². The maximum atomic E-state index is 2.65. The highest BCUT2D eigenvalue weighted by molar-refractivity contribution is 5.03. The van der Waals surface area contributed by atoms with Crippen molar-refractivity contribution in [3.8, 4) is 0 Å². The highest BCUT2D eigenvalue weighted by Gasteiger charge is 2.37. The average molecular weight is 194 g/mol. The molecule has 1 aliphatic heterocycles. The molecule has 0 aromatic heterocycles. The minimum atomic E-state index is 0.845. The summed E-state index contributed by atoms with van der Waals surface area (Å²) in [6.07, 6.45) is 5.68. The standard InChI is InChI=1S/C13H24N/c1-10(2)12-6-5-11(3)9-13(12)14-7-4-8-14/h10-12H,4-9H2,1-3H3. The molecular formula is C13H24N. The van der Waals surface area contributed by atoms with Crippen LogP contribution >= 0.6 is 0 Å². The molecule has 0 spiro atoms. The molecule has 2 unspecified atom stereocenters. The average Bonchev–Trinajstić information content (AvgIpc) is 2.00. The molecule has 2 atom stereocenters. The van der Waals surface area contributed by atoms with E-state index in [0.29, 0.717) is 0 Å². The molecular weight excluding hydrogens is 170 g/mol. The number of likely N-dealkylation sites (tertiary alicyclic amines) is 1. The van der Waals surface area contributed by atoms with Crippen molar-refractivity contribution < 1.29 is 0 Å². The smallest absolute Gasteiger partial charge is 0.0429 e. The van der Waals surface area contributed by atoms with Gasteiger partial charge in [0.2, 0.25) is 0 Å². The molecule has 0 amide bonds. The first-order valence-electron chi connectivity index (χ1n) is 6.29. The van der Waals surface area contributed by atoms with Gasteiger partial charge in [-0.25, -0.2) is 0 Å². The third kappa shape index (κ3) is 1.98. The summed E-state index contributed by atoms with van der Waals surface area (Å²) in [5, 5.41) is 0. The Hall–Kier alpha value is -0.0400. The molecule has 0 N–H and O–H groups in total. The summed E-state index contributed by atoms with van der Waals surface area (Å²) in [6.45, 7) is 9.87. The fourth-order valence-electron chi connectivity index (χ4n) is 2.93. The molecule has 2 rings (SSSR count). The summed E-state index contributed by atoms with van der Waals surface area (Å²) in [4.78, 5) is 2.65. The molecule has 1 saturated heterocycles. The lowest BCUT2D eigenvalue weighted by Gasteiger charge is -2.47. The van der Waals surface area contributed by atoms with Crippen LogP contribution in [0.3, 0.4) is 0 Å². The molecule has 14 heavy (non-hydrogen) atoms. The highest BCUT2D eigenvalue weighted by Crippen LogP contribution is 2.42. The second-order valence-electron chi connectivity index (χ2n) is 5.57. The third-order valence-electron chi connectivity index (χ3n) is 4.02. The number of hydrogen-bond acceptors (Lipinski definition) is 1. The second kappa shape index (κ2) is 4.22. The Morgan fingerprint density at radius 2 is 1.93 bits per heavy atom. The van der Waals surface area contributed by atoms with E-state index >= 15 is 0 Å². The summed E-state index contributed by atoms with van der Waals surface area (Å²) < 4.78 is 0. The Labute approximate surface area is 88.9 Å². The minimum absolute atomic E-state index is 0.845. The first-order chi connectivity index (χ1) is 6.68. The van der Waals surface area contributed by atoms with Gasteiger partial charge in [-0.2, -0.15) is 0 Å². The van der Waals surface area contributed by atoms with E-state index in [0.717, 1.165) is 17.8 Å². The van der Waals surface area contributed by atoms with Crippen molar-refractivity contribution in [3.63, 3.8) is 0 Å². The van der Waals surface area contributed by atoms with Gasteiger partial charge in [-0.3, -0.25) is 4.90 Å². The third-order valence-corrected chi connectivity index (χ3v) is 4.02. The van der Waals surface area contributed by atoms with E-state index in [-0.39, 0.29) is 0 Å². The normalized spacial score (nSPS) is 36.0. The first kappa shape index (κ1) is 10.5. The van der Waals surface area contributed by atoms with Crippen LogP contribution in [0.25, 0.3) is 0 Å². The lowest BCUT2D eigenvalue weighted by Crippen LogP contribution is -2.46. The molecule has 1 saturated carbocycles. The van der Waals surface area contributed by atoms with Crippen molar-refractivity contribution in [2.45, 2.75) is 46.5 Å². The quantitative estimate of drug-likeness (QED) is 0.652. The van der Waals surface area contributed by atoms with Gasteiger partial charge in [0.25, 0.3) is 0 Å². The van der Waals surface area contributed by atoms with Crippen LogP contribution in [0, 0.1) is 23.8 Å². The van der Waals surface area contributed by atoms with Crippen molar-refractivity contribution in [1.29, 1.82) is 0 Å². The zero-order valence-electron chi connectivity index (χ0n) is 9.92. The van der Waals surface area contributed by atoms with Gasteiger partial charge < -0.3 is 0 Å². The molecule has 2 aliphatic rings. The number of hydrogen-bond donors (Lipinski definition) is 0. The SMILES string of the molecule is CC1CCC(C(C)C)[C](N2CCC2)C1. The van der Waals surface area contributed by atoms with E-state index in [2.05, 4.69) is 25.7 Å². The van der Waals surface area contributed by atoms with E-state index < -0.39 is 0 Å². The summed E-state index contributed by atoms with van der Waals surface area (Å²) in [5.74, 6) is 2.67. The summed E-state index contributed by atoms with van der Waals surface area (Å²) >= 11 is 0. The lowest BCUT2D eigenvalue weighted by atomic mass is 9.72. The minimum Gasteiger partial charge on any atom is -0.295 e. The number of rotatable bonds is 2. The Morgan fingerprint density at radius 3 is 2.43 bits per heavy atom. The van der Waals surface area contributed by atoms with Crippen molar-refractivity contribution in [3.05, 3.63) is 6.04 Å². The van der Waals surface area contributed by atoms with Crippen LogP contribution in [-0.4, -0.2) is 18.0 Å². The van der Waals surface area contributed by atoms with Gasteiger partial charge in [-0.15, -0.1) is 0 Å². The molecule has 1 aliphatic carbocycles. The van der Waals surface area contributed by atoms with Gasteiger partial charge in [-0.05, 0) is 50.1 Å². The molecule has 1 heteroatoms. The molecule has 0 aromatic carbocycles. The fourth-order valence-corrected chi connectivity index (χ4v) is 2.93. The zero-order chi connectivity index (χ0) is 10.1. The van der Waals surface area contributed by atoms with Gasteiger partial charge in [0.1, 0.15) is 0 Å². The van der Waals surface area contributed by atoms with E-state index in [1.165, 1.54) is 38.8 Å². The van der Waals surface area contributed by atoms with Gasteiger partial charge in [-0.1, -0.05) is 27.2 Å². The van der Waals surface area contributed by atoms with E-state index in [4.69, 9.17) is 0 Å². The Morgan fingerprint density at radius 1 is 1.21 bits per heavy atom. The first-order valence-corrected chi connectivity index (χ1v) is 6.29.